The van der Waals surface area contributed by atoms with Gasteiger partial charge in [-0.05, 0) is 28.7 Å². The molecule has 1 fully saturated rings. The quantitative estimate of drug-likeness (QED) is 0.593. The van der Waals surface area contributed by atoms with Crippen LogP contribution in [-0.2, 0) is 27.0 Å². The van der Waals surface area contributed by atoms with Crippen molar-refractivity contribution < 1.29 is 14.7 Å². The highest BCUT2D eigenvalue weighted by Crippen LogP contribution is 2.38. The molecule has 0 spiro atoms. The van der Waals surface area contributed by atoms with E-state index in [0.717, 1.165) is 11.1 Å². The van der Waals surface area contributed by atoms with Gasteiger partial charge < -0.3 is 16.2 Å². The highest BCUT2D eigenvalue weighted by Gasteiger charge is 2.43. The van der Waals surface area contributed by atoms with Crippen LogP contribution in [0.15, 0.2) is 84.9 Å². The van der Waals surface area contributed by atoms with Crippen LogP contribution in [0.1, 0.15) is 28.7 Å². The van der Waals surface area contributed by atoms with Crippen molar-refractivity contribution in [2.45, 2.75) is 23.9 Å². The second kappa shape index (κ2) is 7.76. The van der Waals surface area contributed by atoms with Crippen LogP contribution >= 0.6 is 0 Å². The van der Waals surface area contributed by atoms with Gasteiger partial charge in [0.25, 0.3) is 5.91 Å². The SMILES string of the molecule is NC(=O)C(O)(c1ccccc1)c1cccc(C2(Cc3ccccc3)CNC(=O)C2)c1. The third-order valence-corrected chi connectivity index (χ3v) is 5.95. The molecular weight excluding hydrogens is 376 g/mol. The van der Waals surface area contributed by atoms with Crippen molar-refractivity contribution in [1.82, 2.24) is 5.32 Å². The van der Waals surface area contributed by atoms with E-state index >= 15 is 0 Å². The molecule has 2 amide bonds. The predicted molar refractivity (Wildman–Crippen MR) is 115 cm³/mol. The third-order valence-electron chi connectivity index (χ3n) is 5.95. The number of carbonyl (C=O) groups is 2. The van der Waals surface area contributed by atoms with E-state index in [4.69, 9.17) is 5.73 Å². The standard InChI is InChI=1S/C25H24N2O3/c26-23(29)25(30,19-10-5-2-6-11-19)21-13-7-12-20(14-21)24(16-22(28)27-17-24)15-18-8-3-1-4-9-18/h1-14,30H,15-17H2,(H2,26,29)(H,27,28). The second-order valence-electron chi connectivity index (χ2n) is 7.92. The molecule has 2 unspecified atom stereocenters. The van der Waals surface area contributed by atoms with Crippen molar-refractivity contribution in [3.05, 3.63) is 107 Å². The lowest BCUT2D eigenvalue weighted by atomic mass is 9.73. The van der Waals surface area contributed by atoms with Crippen LogP contribution in [0.5, 0.6) is 0 Å². The van der Waals surface area contributed by atoms with E-state index in [-0.39, 0.29) is 5.91 Å². The lowest BCUT2D eigenvalue weighted by molar-refractivity contribution is -0.133. The summed E-state index contributed by atoms with van der Waals surface area (Å²) in [5, 5.41) is 14.3. The van der Waals surface area contributed by atoms with Gasteiger partial charge in [-0.1, -0.05) is 84.9 Å². The van der Waals surface area contributed by atoms with Gasteiger partial charge in [0, 0.05) is 18.4 Å². The average Bonchev–Trinajstić information content (AvgIpc) is 3.16. The Kier molecular flexibility index (Phi) is 5.14. The Morgan fingerprint density at radius 3 is 2.20 bits per heavy atom. The number of rotatable bonds is 6. The van der Waals surface area contributed by atoms with Gasteiger partial charge in [0.2, 0.25) is 5.91 Å². The summed E-state index contributed by atoms with van der Waals surface area (Å²) in [6, 6.07) is 25.9. The maximum absolute atomic E-state index is 12.4. The molecular formula is C25H24N2O3. The van der Waals surface area contributed by atoms with Gasteiger partial charge in [0.05, 0.1) is 0 Å². The maximum Gasteiger partial charge on any atom is 0.258 e. The Bertz CT molecular complexity index is 1070. The summed E-state index contributed by atoms with van der Waals surface area (Å²) >= 11 is 0. The smallest absolute Gasteiger partial charge is 0.258 e. The summed E-state index contributed by atoms with van der Waals surface area (Å²) in [5.74, 6) is -0.854. The normalized spacial score (nSPS) is 20.4. The Morgan fingerprint density at radius 1 is 0.967 bits per heavy atom. The number of primary amides is 1. The highest BCUT2D eigenvalue weighted by atomic mass is 16.3. The largest absolute Gasteiger partial charge is 0.372 e. The Morgan fingerprint density at radius 2 is 1.60 bits per heavy atom. The lowest BCUT2D eigenvalue weighted by Gasteiger charge is -2.31. The van der Waals surface area contributed by atoms with E-state index in [1.165, 1.54) is 0 Å². The summed E-state index contributed by atoms with van der Waals surface area (Å²) in [6.07, 6.45) is 1.00. The molecule has 4 N–H and O–H groups in total. The molecule has 1 heterocycles. The van der Waals surface area contributed by atoms with E-state index in [1.807, 2.05) is 42.5 Å². The molecule has 0 radical (unpaired) electrons. The number of nitrogens with one attached hydrogen (secondary N) is 1. The Labute approximate surface area is 175 Å². The minimum Gasteiger partial charge on any atom is -0.372 e. The Hall–Kier alpha value is -3.44. The fraction of sp³-hybridized carbons (Fsp3) is 0.200. The van der Waals surface area contributed by atoms with Gasteiger partial charge >= 0.3 is 0 Å². The topological polar surface area (TPSA) is 92.4 Å². The molecule has 2 atom stereocenters. The van der Waals surface area contributed by atoms with Crippen molar-refractivity contribution in [3.63, 3.8) is 0 Å². The highest BCUT2D eigenvalue weighted by molar-refractivity contribution is 5.88. The number of benzene rings is 3. The number of nitrogens with two attached hydrogens (primary N) is 1. The van der Waals surface area contributed by atoms with Gasteiger partial charge in [-0.25, -0.2) is 0 Å². The van der Waals surface area contributed by atoms with E-state index in [2.05, 4.69) is 5.32 Å². The van der Waals surface area contributed by atoms with Crippen molar-refractivity contribution in [1.29, 1.82) is 0 Å². The molecule has 30 heavy (non-hydrogen) atoms. The summed E-state index contributed by atoms with van der Waals surface area (Å²) < 4.78 is 0. The van der Waals surface area contributed by atoms with Crippen LogP contribution in [0.25, 0.3) is 0 Å². The van der Waals surface area contributed by atoms with Gasteiger partial charge in [0.15, 0.2) is 5.60 Å². The number of hydrogen-bond donors (Lipinski definition) is 3. The molecule has 1 aliphatic heterocycles. The number of hydrogen-bond acceptors (Lipinski definition) is 3. The van der Waals surface area contributed by atoms with Crippen LogP contribution < -0.4 is 11.1 Å². The zero-order chi connectivity index (χ0) is 21.2. The minimum absolute atomic E-state index is 0.00967. The number of aliphatic hydroxyl groups is 1. The van der Waals surface area contributed by atoms with E-state index in [1.54, 1.807) is 42.5 Å². The van der Waals surface area contributed by atoms with Crippen LogP contribution in [-0.4, -0.2) is 23.5 Å². The fourth-order valence-corrected chi connectivity index (χ4v) is 4.32. The van der Waals surface area contributed by atoms with Crippen LogP contribution in [0.3, 0.4) is 0 Å². The van der Waals surface area contributed by atoms with Crippen LogP contribution in [0.2, 0.25) is 0 Å². The van der Waals surface area contributed by atoms with Gasteiger partial charge in [-0.2, -0.15) is 0 Å². The first kappa shape index (κ1) is 19.9. The molecule has 0 aromatic heterocycles. The molecule has 5 heteroatoms. The number of amides is 2. The first-order valence-corrected chi connectivity index (χ1v) is 9.93. The monoisotopic (exact) mass is 400 g/mol. The Balaban J connectivity index is 1.81. The summed E-state index contributed by atoms with van der Waals surface area (Å²) in [6.45, 7) is 0.491. The molecule has 3 aromatic rings. The molecule has 0 bridgehead atoms. The molecule has 5 nitrogen and oxygen atoms in total. The van der Waals surface area contributed by atoms with Crippen molar-refractivity contribution in [3.8, 4) is 0 Å². The fourth-order valence-electron chi connectivity index (χ4n) is 4.32. The number of carbonyl (C=O) groups excluding carboxylic acids is 2. The molecule has 1 aliphatic rings. The van der Waals surface area contributed by atoms with Gasteiger partial charge in [-0.15, -0.1) is 0 Å². The summed E-state index contributed by atoms with van der Waals surface area (Å²) in [5.41, 5.74) is 6.04. The van der Waals surface area contributed by atoms with Crippen LogP contribution in [0.4, 0.5) is 0 Å². The van der Waals surface area contributed by atoms with Crippen molar-refractivity contribution >= 4 is 11.8 Å². The van der Waals surface area contributed by atoms with Crippen LogP contribution in [0, 0.1) is 0 Å². The first-order valence-electron chi connectivity index (χ1n) is 9.93. The zero-order valence-electron chi connectivity index (χ0n) is 16.5. The van der Waals surface area contributed by atoms with E-state index in [0.29, 0.717) is 30.5 Å². The van der Waals surface area contributed by atoms with Crippen molar-refractivity contribution in [2.75, 3.05) is 6.54 Å². The zero-order valence-corrected chi connectivity index (χ0v) is 16.5. The third kappa shape index (κ3) is 3.48. The lowest BCUT2D eigenvalue weighted by Crippen LogP contribution is -2.42. The first-order chi connectivity index (χ1) is 14.4. The molecule has 152 valence electrons. The average molecular weight is 400 g/mol. The van der Waals surface area contributed by atoms with Gasteiger partial charge in [-0.3, -0.25) is 9.59 Å². The minimum atomic E-state index is -1.96. The maximum atomic E-state index is 12.4. The molecule has 1 saturated heterocycles. The second-order valence-corrected chi connectivity index (χ2v) is 7.92. The molecule has 4 rings (SSSR count). The summed E-state index contributed by atoms with van der Waals surface area (Å²) in [4.78, 5) is 24.6. The molecule has 0 aliphatic carbocycles. The summed E-state index contributed by atoms with van der Waals surface area (Å²) in [7, 11) is 0. The van der Waals surface area contributed by atoms with E-state index < -0.39 is 16.9 Å². The van der Waals surface area contributed by atoms with Crippen molar-refractivity contribution in [2.24, 2.45) is 5.73 Å². The predicted octanol–water partition coefficient (Wildman–Crippen LogP) is 2.41. The molecule has 3 aromatic carbocycles. The van der Waals surface area contributed by atoms with Gasteiger partial charge in [0.1, 0.15) is 0 Å². The van der Waals surface area contributed by atoms with E-state index in [9.17, 15) is 14.7 Å². The molecule has 0 saturated carbocycles.